The van der Waals surface area contributed by atoms with Crippen LogP contribution in [0.1, 0.15) is 79.6 Å². The average molecular weight is 822 g/mol. The Morgan fingerprint density at radius 2 is 1.88 bits per heavy atom. The summed E-state index contributed by atoms with van der Waals surface area (Å²) in [6, 6.07) is 4.38. The number of benzene rings is 1. The van der Waals surface area contributed by atoms with Gasteiger partial charge in [-0.15, -0.1) is 0 Å². The van der Waals surface area contributed by atoms with E-state index in [1.54, 1.807) is 31.2 Å². The molecule has 0 bridgehead atoms. The van der Waals surface area contributed by atoms with Crippen LogP contribution >= 0.6 is 0 Å². The molecule has 2 aliphatic carbocycles. The van der Waals surface area contributed by atoms with Crippen molar-refractivity contribution in [1.29, 1.82) is 0 Å². The van der Waals surface area contributed by atoms with E-state index in [2.05, 4.69) is 25.1 Å². The molecule has 6 rings (SSSR count). The molecule has 1 aromatic heterocycles. The van der Waals surface area contributed by atoms with E-state index in [0.29, 0.717) is 56.8 Å². The van der Waals surface area contributed by atoms with Crippen LogP contribution < -0.4 is 24.8 Å². The predicted octanol–water partition coefficient (Wildman–Crippen LogP) is 4.91. The first kappa shape index (κ1) is 42.0. The van der Waals surface area contributed by atoms with Crippen LogP contribution in [0.15, 0.2) is 42.6 Å². The molecule has 312 valence electrons. The van der Waals surface area contributed by atoms with Gasteiger partial charge in [0.05, 0.1) is 17.9 Å². The van der Waals surface area contributed by atoms with Gasteiger partial charge in [-0.25, -0.2) is 18.2 Å². The zero-order valence-corrected chi connectivity index (χ0v) is 33.4. The van der Waals surface area contributed by atoms with Crippen LogP contribution in [0.25, 0.3) is 10.8 Å². The fourth-order valence-corrected chi connectivity index (χ4v) is 8.93. The van der Waals surface area contributed by atoms with Crippen molar-refractivity contribution in [1.82, 2.24) is 25.2 Å². The number of nitrogens with one attached hydrogen (secondary N) is 3. The Balaban J connectivity index is 1.34. The van der Waals surface area contributed by atoms with Gasteiger partial charge in [-0.3, -0.25) is 19.1 Å². The number of nitrogens with zero attached hydrogens (tertiary/aromatic N) is 2. The summed E-state index contributed by atoms with van der Waals surface area (Å²) in [5.74, 6) is -2.79. The zero-order valence-electron chi connectivity index (χ0n) is 32.6. The SMILES string of the molecule is CCOc1ccc2c(O[C@@H]3C[C@H]4C(=O)N[C@]5(C(=O)NS(=O)(=O)C6(C)CC6)C[C@H]5/C=C\CC[C@H](C)C[C@@H](C)[C@H](NC(=O)O[C@H](C)C(F)(F)F)C(=O)N4C3)nccc2c1. The Labute approximate surface area is 329 Å². The summed E-state index contributed by atoms with van der Waals surface area (Å²) < 4.78 is 84.1. The molecule has 3 N–H and O–H groups in total. The Hall–Kier alpha value is -4.61. The van der Waals surface area contributed by atoms with E-state index in [1.807, 2.05) is 26.0 Å². The normalized spacial score (nSPS) is 30.0. The molecule has 3 fully saturated rings. The van der Waals surface area contributed by atoms with Crippen molar-refractivity contribution in [3.05, 3.63) is 42.6 Å². The van der Waals surface area contributed by atoms with E-state index >= 15 is 0 Å². The van der Waals surface area contributed by atoms with Crippen LogP contribution in [0.5, 0.6) is 11.6 Å². The second kappa shape index (κ2) is 16.0. The third-order valence-electron chi connectivity index (χ3n) is 11.6. The van der Waals surface area contributed by atoms with E-state index in [4.69, 9.17) is 9.47 Å². The number of aromatic nitrogens is 1. The number of alkyl carbamates (subject to hydrolysis) is 1. The van der Waals surface area contributed by atoms with Crippen molar-refractivity contribution in [2.45, 2.75) is 120 Å². The van der Waals surface area contributed by atoms with Gasteiger partial charge in [0.25, 0.3) is 5.91 Å². The molecule has 0 spiro atoms. The summed E-state index contributed by atoms with van der Waals surface area (Å²) in [6.45, 7) is 7.95. The number of hydrogen-bond acceptors (Lipinski definition) is 10. The summed E-state index contributed by atoms with van der Waals surface area (Å²) in [6.07, 6.45) is -2.12. The summed E-state index contributed by atoms with van der Waals surface area (Å²) in [5.41, 5.74) is -1.64. The van der Waals surface area contributed by atoms with Gasteiger partial charge >= 0.3 is 12.3 Å². The highest BCUT2D eigenvalue weighted by Gasteiger charge is 2.63. The molecule has 4 amide bonds. The minimum absolute atomic E-state index is 0.0282. The molecule has 3 heterocycles. The van der Waals surface area contributed by atoms with Crippen LogP contribution in [-0.2, 0) is 29.1 Å². The van der Waals surface area contributed by atoms with Gasteiger partial charge in [0.15, 0.2) is 6.10 Å². The molecular formula is C39H50F3N5O9S. The molecule has 2 aromatic rings. The van der Waals surface area contributed by atoms with Gasteiger partial charge in [-0.05, 0) is 101 Å². The highest BCUT2D eigenvalue weighted by atomic mass is 32.2. The molecule has 2 aliphatic heterocycles. The number of ether oxygens (including phenoxy) is 3. The number of rotatable bonds is 9. The number of halogens is 3. The fraction of sp³-hybridized carbons (Fsp3) is 0.615. The Morgan fingerprint density at radius 1 is 1.14 bits per heavy atom. The number of alkyl halides is 3. The highest BCUT2D eigenvalue weighted by molar-refractivity contribution is 7.91. The van der Waals surface area contributed by atoms with Crippen molar-refractivity contribution in [3.8, 4) is 11.6 Å². The Morgan fingerprint density at radius 3 is 2.56 bits per heavy atom. The number of allylic oxidation sites excluding steroid dienone is 1. The fourth-order valence-electron chi connectivity index (χ4n) is 7.62. The summed E-state index contributed by atoms with van der Waals surface area (Å²) >= 11 is 0. The Bertz CT molecular complexity index is 2030. The van der Waals surface area contributed by atoms with Crippen LogP contribution in [0.3, 0.4) is 0 Å². The maximum Gasteiger partial charge on any atom is 0.425 e. The van der Waals surface area contributed by atoms with Gasteiger partial charge in [0.1, 0.15) is 29.5 Å². The van der Waals surface area contributed by atoms with Gasteiger partial charge in [-0.2, -0.15) is 13.2 Å². The molecule has 0 radical (unpaired) electrons. The lowest BCUT2D eigenvalue weighted by molar-refractivity contribution is -0.197. The lowest BCUT2D eigenvalue weighted by Gasteiger charge is -2.33. The molecule has 0 unspecified atom stereocenters. The third-order valence-corrected chi connectivity index (χ3v) is 13.7. The molecule has 57 heavy (non-hydrogen) atoms. The van der Waals surface area contributed by atoms with Crippen molar-refractivity contribution in [3.63, 3.8) is 0 Å². The highest BCUT2D eigenvalue weighted by Crippen LogP contribution is 2.47. The summed E-state index contributed by atoms with van der Waals surface area (Å²) in [4.78, 5) is 61.5. The van der Waals surface area contributed by atoms with E-state index in [0.717, 1.165) is 5.39 Å². The van der Waals surface area contributed by atoms with Gasteiger partial charge in [0, 0.05) is 23.9 Å². The quantitative estimate of drug-likeness (QED) is 0.294. The number of amides is 4. The third kappa shape index (κ3) is 9.10. The molecule has 4 aliphatic rings. The van der Waals surface area contributed by atoms with Crippen LogP contribution in [0.2, 0.25) is 0 Å². The second-order valence-electron chi connectivity index (χ2n) is 16.1. The summed E-state index contributed by atoms with van der Waals surface area (Å²) in [7, 11) is -4.07. The van der Waals surface area contributed by atoms with E-state index in [1.165, 1.54) is 18.0 Å². The number of fused-ring (bicyclic) bond motifs is 3. The molecule has 18 heteroatoms. The van der Waals surface area contributed by atoms with E-state index in [9.17, 15) is 40.8 Å². The van der Waals surface area contributed by atoms with Crippen LogP contribution in [0, 0.1) is 17.8 Å². The van der Waals surface area contributed by atoms with E-state index < -0.39 is 86.4 Å². The first-order valence-corrected chi connectivity index (χ1v) is 20.8. The molecule has 1 saturated heterocycles. The molecular weight excluding hydrogens is 772 g/mol. The standard InChI is InChI=1S/C39H50F3N5O9S/c1-6-54-27-11-12-29-25(18-27)13-16-43-33(29)56-28-19-30-32(48)45-38(35(50)46-57(52,53)37(5)14-15-37)20-26(38)10-8-7-9-22(2)17-23(3)31(34(49)47(30)21-28)44-36(51)55-24(4)39(40,41)42/h8,10-13,16,18,22-24,26,28,30-31H,6-7,9,14-15,17,19-21H2,1-5H3,(H,44,51)(H,45,48)(H,46,50)/b10-8-/t22-,23+,24+,26+,28+,30-,31-,38+/m0/s1. The van der Waals surface area contributed by atoms with Gasteiger partial charge < -0.3 is 29.7 Å². The van der Waals surface area contributed by atoms with Crippen molar-refractivity contribution < 1.29 is 55.0 Å². The lowest BCUT2D eigenvalue weighted by atomic mass is 9.88. The minimum atomic E-state index is -4.85. The molecule has 2 saturated carbocycles. The maximum absolute atomic E-state index is 14.7. The molecule has 8 atom stereocenters. The van der Waals surface area contributed by atoms with Crippen LogP contribution in [0.4, 0.5) is 18.0 Å². The first-order chi connectivity index (χ1) is 26.8. The maximum atomic E-state index is 14.7. The van der Waals surface area contributed by atoms with Gasteiger partial charge in [-0.1, -0.05) is 26.0 Å². The minimum Gasteiger partial charge on any atom is -0.494 e. The largest absolute Gasteiger partial charge is 0.494 e. The van der Waals surface area contributed by atoms with Crippen LogP contribution in [-0.4, -0.2) is 96.0 Å². The Kier molecular flexibility index (Phi) is 11.8. The van der Waals surface area contributed by atoms with E-state index in [-0.39, 0.29) is 31.2 Å². The number of carbonyl (C=O) groups is 4. The van der Waals surface area contributed by atoms with Crippen molar-refractivity contribution in [2.75, 3.05) is 13.2 Å². The number of sulfonamides is 1. The van der Waals surface area contributed by atoms with Crippen molar-refractivity contribution >= 4 is 44.6 Å². The lowest BCUT2D eigenvalue weighted by Crippen LogP contribution is -2.59. The molecule has 1 aromatic carbocycles. The number of hydrogen-bond donors (Lipinski definition) is 3. The smallest absolute Gasteiger partial charge is 0.425 e. The topological polar surface area (TPSA) is 182 Å². The monoisotopic (exact) mass is 821 g/mol. The number of pyridine rings is 1. The summed E-state index contributed by atoms with van der Waals surface area (Å²) in [5, 5.41) is 6.53. The van der Waals surface area contributed by atoms with Crippen molar-refractivity contribution in [2.24, 2.45) is 17.8 Å². The predicted molar refractivity (Wildman–Crippen MR) is 201 cm³/mol. The average Bonchev–Trinajstić information content (AvgIpc) is 4.01. The molecule has 14 nitrogen and oxygen atoms in total. The number of carbonyl (C=O) groups excluding carboxylic acids is 4. The first-order valence-electron chi connectivity index (χ1n) is 19.3. The zero-order chi connectivity index (χ0) is 41.5. The van der Waals surface area contributed by atoms with Gasteiger partial charge in [0.2, 0.25) is 27.7 Å². The second-order valence-corrected chi connectivity index (χ2v) is 18.3.